The molecule has 1 aromatic rings. The van der Waals surface area contributed by atoms with Crippen LogP contribution in [0.4, 0.5) is 10.5 Å². The molecule has 4 heterocycles. The summed E-state index contributed by atoms with van der Waals surface area (Å²) in [6.07, 6.45) is 9.67. The van der Waals surface area contributed by atoms with Gasteiger partial charge in [0, 0.05) is 19.1 Å². The van der Waals surface area contributed by atoms with E-state index in [1.54, 1.807) is 24.3 Å². The van der Waals surface area contributed by atoms with Crippen molar-refractivity contribution in [2.24, 2.45) is 11.8 Å². The van der Waals surface area contributed by atoms with Crippen molar-refractivity contribution in [1.82, 2.24) is 15.1 Å². The Hall–Kier alpha value is -2.67. The maximum absolute atomic E-state index is 13.5. The van der Waals surface area contributed by atoms with Crippen molar-refractivity contribution < 1.29 is 14.4 Å². The molecule has 0 radical (unpaired) electrons. The minimum absolute atomic E-state index is 0.0154. The zero-order valence-corrected chi connectivity index (χ0v) is 19.0. The molecular formula is C26H32N4O3. The number of nitrogens with one attached hydrogen (secondary N) is 1. The first-order chi connectivity index (χ1) is 16.1. The highest BCUT2D eigenvalue weighted by atomic mass is 16.2. The zero-order valence-electron chi connectivity index (χ0n) is 19.0. The lowest BCUT2D eigenvalue weighted by molar-refractivity contribution is -0.138. The highest BCUT2D eigenvalue weighted by Crippen LogP contribution is 2.45. The second-order valence-electron chi connectivity index (χ2n) is 10.3. The molecule has 0 spiro atoms. The van der Waals surface area contributed by atoms with Gasteiger partial charge in [-0.15, -0.1) is 0 Å². The third kappa shape index (κ3) is 3.57. The summed E-state index contributed by atoms with van der Waals surface area (Å²) < 4.78 is 0. The van der Waals surface area contributed by atoms with Gasteiger partial charge in [0.25, 0.3) is 5.91 Å². The van der Waals surface area contributed by atoms with Crippen molar-refractivity contribution in [2.45, 2.75) is 63.1 Å². The molecule has 7 heteroatoms. The molecule has 4 aliphatic heterocycles. The number of para-hydroxylation sites is 1. The fourth-order valence-corrected chi connectivity index (χ4v) is 7.04. The summed E-state index contributed by atoms with van der Waals surface area (Å²) in [6, 6.07) is 8.49. The van der Waals surface area contributed by atoms with E-state index in [2.05, 4.69) is 16.3 Å². The molecule has 1 N–H and O–H groups in total. The van der Waals surface area contributed by atoms with Gasteiger partial charge in [0.05, 0.1) is 18.2 Å². The molecule has 0 saturated carbocycles. The molecule has 5 unspecified atom stereocenters. The third-order valence-corrected chi connectivity index (χ3v) is 8.39. The van der Waals surface area contributed by atoms with Crippen LogP contribution in [0.25, 0.3) is 0 Å². The highest BCUT2D eigenvalue weighted by Gasteiger charge is 2.48. The van der Waals surface area contributed by atoms with Crippen LogP contribution in [0.3, 0.4) is 0 Å². The van der Waals surface area contributed by atoms with E-state index >= 15 is 0 Å². The molecule has 0 aromatic heterocycles. The predicted octanol–water partition coefficient (Wildman–Crippen LogP) is 2.92. The molecule has 2 bridgehead atoms. The van der Waals surface area contributed by atoms with Crippen LogP contribution in [0.5, 0.6) is 0 Å². The Morgan fingerprint density at radius 2 is 1.91 bits per heavy atom. The van der Waals surface area contributed by atoms with Crippen LogP contribution in [0.2, 0.25) is 0 Å². The Morgan fingerprint density at radius 3 is 2.76 bits per heavy atom. The van der Waals surface area contributed by atoms with Gasteiger partial charge in [-0.3, -0.25) is 14.5 Å². The van der Waals surface area contributed by atoms with Gasteiger partial charge in [-0.1, -0.05) is 36.3 Å². The fraction of sp³-hybridized carbons (Fsp3) is 0.577. The van der Waals surface area contributed by atoms with Gasteiger partial charge in [0.1, 0.15) is 6.04 Å². The summed E-state index contributed by atoms with van der Waals surface area (Å²) in [5, 5.41) is 2.74. The fourth-order valence-electron chi connectivity index (χ4n) is 7.04. The van der Waals surface area contributed by atoms with Crippen LogP contribution in [0, 0.1) is 11.8 Å². The van der Waals surface area contributed by atoms with Crippen LogP contribution >= 0.6 is 0 Å². The van der Waals surface area contributed by atoms with E-state index in [-0.39, 0.29) is 24.3 Å². The number of rotatable bonds is 3. The van der Waals surface area contributed by atoms with Gasteiger partial charge in [-0.25, -0.2) is 9.69 Å². The van der Waals surface area contributed by atoms with E-state index in [1.165, 1.54) is 37.8 Å². The molecule has 174 valence electrons. The second kappa shape index (κ2) is 8.28. The lowest BCUT2D eigenvalue weighted by Crippen LogP contribution is -2.60. The average molecular weight is 449 g/mol. The van der Waals surface area contributed by atoms with Crippen molar-refractivity contribution in [3.8, 4) is 0 Å². The molecule has 6 rings (SSSR count). The number of piperidine rings is 3. The standard InChI is InChI=1S/C26H32N4O3/c31-23(15-21-25(32)30(26(33)27-21)20-8-2-1-3-9-20)29-12-6-7-17-13-18-14-19(24(17)29)16-28-11-5-4-10-22(18)28/h1-3,8-9,13,18-19,21-22,24H,4-7,10-12,14-16H2,(H,27,33). The summed E-state index contributed by atoms with van der Waals surface area (Å²) in [5.41, 5.74) is 1.98. The van der Waals surface area contributed by atoms with E-state index in [1.807, 2.05) is 11.0 Å². The van der Waals surface area contributed by atoms with Crippen LogP contribution in [-0.2, 0) is 9.59 Å². The molecule has 4 saturated heterocycles. The smallest absolute Gasteiger partial charge is 0.329 e. The zero-order chi connectivity index (χ0) is 22.5. The number of carbonyl (C=O) groups is 3. The Kier molecular flexibility index (Phi) is 5.24. The minimum Gasteiger partial charge on any atom is -0.336 e. The number of carbonyl (C=O) groups excluding carboxylic acids is 3. The largest absolute Gasteiger partial charge is 0.336 e. The normalized spacial score (nSPS) is 33.8. The SMILES string of the molecule is O=C1NC(CC(=O)N2CCCC3=CC4CC(CN5CCCCC45)C32)C(=O)N1c1ccccc1. The molecule has 4 amide bonds. The molecule has 5 atom stereocenters. The Labute approximate surface area is 194 Å². The minimum atomic E-state index is -0.797. The molecule has 1 aliphatic carbocycles. The quantitative estimate of drug-likeness (QED) is 0.570. The van der Waals surface area contributed by atoms with E-state index in [0.29, 0.717) is 23.6 Å². The second-order valence-corrected chi connectivity index (χ2v) is 10.3. The molecular weight excluding hydrogens is 416 g/mol. The van der Waals surface area contributed by atoms with Crippen molar-refractivity contribution in [3.05, 3.63) is 42.0 Å². The van der Waals surface area contributed by atoms with Gasteiger partial charge in [0.2, 0.25) is 5.91 Å². The third-order valence-electron chi connectivity index (χ3n) is 8.39. The lowest BCUT2D eigenvalue weighted by atomic mass is 9.68. The van der Waals surface area contributed by atoms with Crippen molar-refractivity contribution in [3.63, 3.8) is 0 Å². The molecule has 33 heavy (non-hydrogen) atoms. The van der Waals surface area contributed by atoms with Gasteiger partial charge in [-0.2, -0.15) is 0 Å². The topological polar surface area (TPSA) is 73.0 Å². The van der Waals surface area contributed by atoms with Gasteiger partial charge in [-0.05, 0) is 62.6 Å². The monoisotopic (exact) mass is 448 g/mol. The maximum atomic E-state index is 13.5. The number of hydrogen-bond acceptors (Lipinski definition) is 4. The summed E-state index contributed by atoms with van der Waals surface area (Å²) >= 11 is 0. The summed E-state index contributed by atoms with van der Waals surface area (Å²) in [4.78, 5) is 44.9. The first-order valence-corrected chi connectivity index (χ1v) is 12.5. The van der Waals surface area contributed by atoms with Crippen molar-refractivity contribution in [1.29, 1.82) is 0 Å². The first-order valence-electron chi connectivity index (χ1n) is 12.5. The van der Waals surface area contributed by atoms with Gasteiger partial charge >= 0.3 is 6.03 Å². The van der Waals surface area contributed by atoms with E-state index in [4.69, 9.17) is 0 Å². The van der Waals surface area contributed by atoms with Crippen molar-refractivity contribution in [2.75, 3.05) is 24.5 Å². The number of likely N-dealkylation sites (tertiary alicyclic amines) is 1. The Bertz CT molecular complexity index is 993. The van der Waals surface area contributed by atoms with Gasteiger partial charge in [0.15, 0.2) is 0 Å². The maximum Gasteiger partial charge on any atom is 0.329 e. The molecule has 4 fully saturated rings. The highest BCUT2D eigenvalue weighted by molar-refractivity contribution is 6.22. The molecule has 5 aliphatic rings. The number of fused-ring (bicyclic) bond motifs is 6. The number of urea groups is 1. The summed E-state index contributed by atoms with van der Waals surface area (Å²) in [5.74, 6) is 0.743. The number of benzene rings is 1. The van der Waals surface area contributed by atoms with Crippen LogP contribution in [0.15, 0.2) is 42.0 Å². The predicted molar refractivity (Wildman–Crippen MR) is 124 cm³/mol. The number of anilines is 1. The summed E-state index contributed by atoms with van der Waals surface area (Å²) in [7, 11) is 0. The van der Waals surface area contributed by atoms with E-state index < -0.39 is 12.1 Å². The van der Waals surface area contributed by atoms with E-state index in [0.717, 1.165) is 30.8 Å². The average Bonchev–Trinajstić information content (AvgIpc) is 3.11. The number of imide groups is 1. The van der Waals surface area contributed by atoms with Crippen LogP contribution < -0.4 is 10.2 Å². The van der Waals surface area contributed by atoms with Gasteiger partial charge < -0.3 is 10.2 Å². The Morgan fingerprint density at radius 1 is 1.06 bits per heavy atom. The molecule has 7 nitrogen and oxygen atoms in total. The molecule has 1 aromatic carbocycles. The van der Waals surface area contributed by atoms with Crippen LogP contribution in [0.1, 0.15) is 44.9 Å². The summed E-state index contributed by atoms with van der Waals surface area (Å²) in [6.45, 7) is 3.00. The Balaban J connectivity index is 1.19. The van der Waals surface area contributed by atoms with Crippen LogP contribution in [-0.4, -0.2) is 65.4 Å². The van der Waals surface area contributed by atoms with E-state index in [9.17, 15) is 14.4 Å². The van der Waals surface area contributed by atoms with Crippen molar-refractivity contribution >= 4 is 23.5 Å². The number of hydrogen-bond donors (Lipinski definition) is 1. The number of nitrogens with zero attached hydrogens (tertiary/aromatic N) is 3. The first kappa shape index (κ1) is 20.9. The lowest BCUT2D eigenvalue weighted by Gasteiger charge is -2.54. The number of amides is 4.